The van der Waals surface area contributed by atoms with Gasteiger partial charge in [-0.2, -0.15) is 0 Å². The Bertz CT molecular complexity index is 385. The quantitative estimate of drug-likeness (QED) is 0.764. The first-order valence-corrected chi connectivity index (χ1v) is 6.10. The normalized spacial score (nSPS) is 10.9. The zero-order valence-electron chi connectivity index (χ0n) is 11.2. The van der Waals surface area contributed by atoms with Crippen molar-refractivity contribution in [1.82, 2.24) is 9.88 Å². The molecule has 0 radical (unpaired) electrons. The van der Waals surface area contributed by atoms with Gasteiger partial charge in [-0.05, 0) is 37.6 Å². The number of likely N-dealkylation sites (N-methyl/N-ethyl adjacent to an activating group) is 1. The van der Waals surface area contributed by atoms with Crippen LogP contribution in [-0.2, 0) is 19.5 Å². The van der Waals surface area contributed by atoms with Crippen molar-refractivity contribution in [3.05, 3.63) is 41.2 Å². The molecule has 3 nitrogen and oxygen atoms in total. The van der Waals surface area contributed by atoms with Gasteiger partial charge in [0.25, 0.3) is 0 Å². The first kappa shape index (κ1) is 13.9. The van der Waals surface area contributed by atoms with Crippen LogP contribution in [0.15, 0.2) is 18.7 Å². The third kappa shape index (κ3) is 3.65. The van der Waals surface area contributed by atoms with Gasteiger partial charge in [0.2, 0.25) is 0 Å². The van der Waals surface area contributed by atoms with Crippen LogP contribution in [0.2, 0.25) is 0 Å². The molecule has 0 unspecified atom stereocenters. The molecular formula is C14H23N3. The van der Waals surface area contributed by atoms with E-state index < -0.39 is 0 Å². The van der Waals surface area contributed by atoms with E-state index in [1.54, 1.807) is 0 Å². The van der Waals surface area contributed by atoms with Gasteiger partial charge in [0.1, 0.15) is 0 Å². The second-order valence-electron chi connectivity index (χ2n) is 4.39. The highest BCUT2D eigenvalue weighted by atomic mass is 15.1. The molecule has 0 amide bonds. The monoisotopic (exact) mass is 233 g/mol. The van der Waals surface area contributed by atoms with E-state index in [1.165, 1.54) is 11.1 Å². The number of pyridine rings is 1. The summed E-state index contributed by atoms with van der Waals surface area (Å²) in [6.07, 6.45) is 2.85. The maximum Gasteiger partial charge on any atom is 0.0452 e. The Morgan fingerprint density at radius 1 is 1.53 bits per heavy atom. The lowest BCUT2D eigenvalue weighted by Crippen LogP contribution is -2.20. The molecule has 0 spiro atoms. The van der Waals surface area contributed by atoms with Crippen LogP contribution >= 0.6 is 0 Å². The Morgan fingerprint density at radius 3 is 2.76 bits per heavy atom. The smallest absolute Gasteiger partial charge is 0.0452 e. The van der Waals surface area contributed by atoms with Gasteiger partial charge in [-0.15, -0.1) is 6.58 Å². The van der Waals surface area contributed by atoms with Gasteiger partial charge >= 0.3 is 0 Å². The fourth-order valence-electron chi connectivity index (χ4n) is 2.10. The molecule has 3 heteroatoms. The maximum atomic E-state index is 5.85. The molecule has 1 aromatic rings. The van der Waals surface area contributed by atoms with Crippen LogP contribution in [0.1, 0.15) is 29.4 Å². The van der Waals surface area contributed by atoms with Crippen molar-refractivity contribution >= 4 is 0 Å². The van der Waals surface area contributed by atoms with Gasteiger partial charge in [0.05, 0.1) is 0 Å². The number of aromatic nitrogens is 1. The fraction of sp³-hybridized carbons (Fsp3) is 0.500. The van der Waals surface area contributed by atoms with Crippen LogP contribution in [0.3, 0.4) is 0 Å². The average molecular weight is 233 g/mol. The summed E-state index contributed by atoms with van der Waals surface area (Å²) in [5.74, 6) is 0. The largest absolute Gasteiger partial charge is 0.326 e. The lowest BCUT2D eigenvalue weighted by atomic mass is 10.0. The summed E-state index contributed by atoms with van der Waals surface area (Å²) >= 11 is 0. The molecule has 1 heterocycles. The summed E-state index contributed by atoms with van der Waals surface area (Å²) in [5.41, 5.74) is 10.5. The summed E-state index contributed by atoms with van der Waals surface area (Å²) in [5, 5.41) is 0. The summed E-state index contributed by atoms with van der Waals surface area (Å²) in [4.78, 5) is 6.78. The zero-order valence-corrected chi connectivity index (χ0v) is 11.2. The molecule has 0 fully saturated rings. The van der Waals surface area contributed by atoms with E-state index in [1.807, 2.05) is 13.0 Å². The van der Waals surface area contributed by atoms with E-state index in [-0.39, 0.29) is 0 Å². The average Bonchev–Trinajstić information content (AvgIpc) is 2.28. The first-order chi connectivity index (χ1) is 8.12. The number of hydrogen-bond acceptors (Lipinski definition) is 3. The second kappa shape index (κ2) is 6.52. The van der Waals surface area contributed by atoms with Gasteiger partial charge in [-0.3, -0.25) is 9.88 Å². The molecule has 1 aromatic heterocycles. The molecule has 0 atom stereocenters. The van der Waals surface area contributed by atoms with E-state index in [9.17, 15) is 0 Å². The van der Waals surface area contributed by atoms with Crippen LogP contribution in [0, 0.1) is 6.92 Å². The molecule has 0 bridgehead atoms. The van der Waals surface area contributed by atoms with E-state index in [0.717, 1.165) is 30.9 Å². The zero-order chi connectivity index (χ0) is 12.8. The summed E-state index contributed by atoms with van der Waals surface area (Å²) < 4.78 is 0. The minimum Gasteiger partial charge on any atom is -0.326 e. The topological polar surface area (TPSA) is 42.2 Å². The molecule has 17 heavy (non-hydrogen) atoms. The van der Waals surface area contributed by atoms with Crippen molar-refractivity contribution in [1.29, 1.82) is 0 Å². The van der Waals surface area contributed by atoms with Gasteiger partial charge < -0.3 is 5.73 Å². The molecular weight excluding hydrogens is 210 g/mol. The molecule has 0 aliphatic rings. The van der Waals surface area contributed by atoms with Crippen LogP contribution in [0.5, 0.6) is 0 Å². The van der Waals surface area contributed by atoms with Crippen molar-refractivity contribution < 1.29 is 0 Å². The molecule has 0 aromatic carbocycles. The number of nitrogens with two attached hydrogens (primary N) is 1. The van der Waals surface area contributed by atoms with E-state index in [2.05, 4.69) is 36.5 Å². The predicted molar refractivity (Wildman–Crippen MR) is 72.8 cm³/mol. The minimum absolute atomic E-state index is 0.563. The van der Waals surface area contributed by atoms with Crippen molar-refractivity contribution in [2.45, 2.75) is 33.4 Å². The lowest BCUT2D eigenvalue weighted by molar-refractivity contribution is 0.362. The van der Waals surface area contributed by atoms with Gasteiger partial charge in [0, 0.05) is 31.0 Å². The van der Waals surface area contributed by atoms with Crippen LogP contribution in [0.4, 0.5) is 0 Å². The van der Waals surface area contributed by atoms with E-state index in [4.69, 9.17) is 5.73 Å². The number of rotatable bonds is 6. The highest BCUT2D eigenvalue weighted by molar-refractivity contribution is 5.32. The first-order valence-electron chi connectivity index (χ1n) is 6.10. The highest BCUT2D eigenvalue weighted by Crippen LogP contribution is 2.16. The van der Waals surface area contributed by atoms with Crippen LogP contribution in [0.25, 0.3) is 0 Å². The van der Waals surface area contributed by atoms with Gasteiger partial charge in [0.15, 0.2) is 0 Å². The van der Waals surface area contributed by atoms with E-state index in [0.29, 0.717) is 6.54 Å². The van der Waals surface area contributed by atoms with Gasteiger partial charge in [-0.25, -0.2) is 0 Å². The summed E-state index contributed by atoms with van der Waals surface area (Å²) in [6.45, 7) is 10.3. The number of nitrogens with zero attached hydrogens (tertiary/aromatic N) is 2. The fourth-order valence-corrected chi connectivity index (χ4v) is 2.10. The Balaban J connectivity index is 3.03. The standard InChI is InChI=1S/C14H23N3/c1-5-7-17(4)10-12-8-11(3)16-14(6-2)13(12)9-15/h5,8H,1,6-7,9-10,15H2,2-4H3. The highest BCUT2D eigenvalue weighted by Gasteiger charge is 2.10. The third-order valence-corrected chi connectivity index (χ3v) is 2.85. The molecule has 0 aliphatic carbocycles. The lowest BCUT2D eigenvalue weighted by Gasteiger charge is -2.19. The van der Waals surface area contributed by atoms with Gasteiger partial charge in [-0.1, -0.05) is 13.0 Å². The van der Waals surface area contributed by atoms with Crippen molar-refractivity contribution in [3.63, 3.8) is 0 Å². The molecule has 1 rings (SSSR count). The Morgan fingerprint density at radius 2 is 2.24 bits per heavy atom. The van der Waals surface area contributed by atoms with Crippen molar-refractivity contribution in [2.75, 3.05) is 13.6 Å². The Kier molecular flexibility index (Phi) is 5.32. The molecule has 0 saturated carbocycles. The second-order valence-corrected chi connectivity index (χ2v) is 4.39. The molecule has 2 N–H and O–H groups in total. The number of hydrogen-bond donors (Lipinski definition) is 1. The van der Waals surface area contributed by atoms with Crippen LogP contribution in [-0.4, -0.2) is 23.5 Å². The Labute approximate surface area is 104 Å². The van der Waals surface area contributed by atoms with Crippen LogP contribution < -0.4 is 5.73 Å². The SMILES string of the molecule is C=CCN(C)Cc1cc(C)nc(CC)c1CN. The molecule has 0 saturated heterocycles. The third-order valence-electron chi connectivity index (χ3n) is 2.85. The predicted octanol–water partition coefficient (Wildman–Crippen LogP) is 2.03. The van der Waals surface area contributed by atoms with Crippen molar-refractivity contribution in [2.24, 2.45) is 5.73 Å². The number of aryl methyl sites for hydroxylation is 2. The Hall–Kier alpha value is -1.19. The summed E-state index contributed by atoms with van der Waals surface area (Å²) in [7, 11) is 2.09. The summed E-state index contributed by atoms with van der Waals surface area (Å²) in [6, 6.07) is 2.14. The molecule has 0 aliphatic heterocycles. The molecule has 94 valence electrons. The maximum absolute atomic E-state index is 5.85. The van der Waals surface area contributed by atoms with E-state index >= 15 is 0 Å². The van der Waals surface area contributed by atoms with Crippen molar-refractivity contribution in [3.8, 4) is 0 Å². The minimum atomic E-state index is 0.563.